The van der Waals surface area contributed by atoms with E-state index in [-0.39, 0.29) is 0 Å². The monoisotopic (exact) mass is 461 g/mol. The highest BCUT2D eigenvalue weighted by Crippen LogP contribution is 2.22. The molecule has 2 aliphatic heterocycles. The van der Waals surface area contributed by atoms with Gasteiger partial charge in [-0.05, 0) is 24.4 Å². The summed E-state index contributed by atoms with van der Waals surface area (Å²) in [5, 5.41) is 7.18. The molecule has 4 rings (SSSR count). The van der Waals surface area contributed by atoms with Gasteiger partial charge in [0.1, 0.15) is 11.0 Å². The smallest absolute Gasteiger partial charge is 0.232 e. The lowest BCUT2D eigenvalue weighted by molar-refractivity contribution is 0.0389. The Morgan fingerprint density at radius 1 is 1.00 bits per heavy atom. The molecule has 2 aliphatic rings. The Balaban J connectivity index is 1.28. The van der Waals surface area contributed by atoms with Gasteiger partial charge >= 0.3 is 0 Å². The van der Waals surface area contributed by atoms with Gasteiger partial charge in [-0.15, -0.1) is 0 Å². The summed E-state index contributed by atoms with van der Waals surface area (Å²) in [6.45, 7) is 8.75. The van der Waals surface area contributed by atoms with E-state index in [1.54, 1.807) is 6.07 Å². The molecule has 1 aromatic heterocycles. The highest BCUT2D eigenvalue weighted by molar-refractivity contribution is 7.80. The summed E-state index contributed by atoms with van der Waals surface area (Å²) in [5.74, 6) is 1.23. The number of ether oxygens (including phenoxy) is 1. The summed E-state index contributed by atoms with van der Waals surface area (Å²) in [4.78, 5) is 15.9. The number of nitrogens with one attached hydrogen (secondary N) is 2. The van der Waals surface area contributed by atoms with E-state index >= 15 is 0 Å². The lowest BCUT2D eigenvalue weighted by Gasteiger charge is -2.36. The minimum atomic E-state index is 0.397. The van der Waals surface area contributed by atoms with Crippen molar-refractivity contribution in [2.45, 2.75) is 0 Å². The van der Waals surface area contributed by atoms with Crippen LogP contribution in [0, 0.1) is 0 Å². The predicted octanol–water partition coefficient (Wildman–Crippen LogP) is 2.08. The number of piperazine rings is 1. The summed E-state index contributed by atoms with van der Waals surface area (Å²) in [7, 11) is 0. The van der Waals surface area contributed by atoms with E-state index in [9.17, 15) is 0 Å². The third-order valence-corrected chi connectivity index (χ3v) is 5.89. The highest BCUT2D eigenvalue weighted by Gasteiger charge is 2.19. The molecule has 0 amide bonds. The number of para-hydroxylation sites is 1. The zero-order chi connectivity index (χ0) is 21.5. The zero-order valence-corrected chi connectivity index (χ0v) is 19.0. The van der Waals surface area contributed by atoms with Crippen LogP contribution in [-0.2, 0) is 4.74 Å². The van der Waals surface area contributed by atoms with Gasteiger partial charge in [0.2, 0.25) is 5.95 Å². The van der Waals surface area contributed by atoms with Crippen LogP contribution in [0.15, 0.2) is 36.4 Å². The van der Waals surface area contributed by atoms with Crippen molar-refractivity contribution < 1.29 is 4.74 Å². The van der Waals surface area contributed by atoms with Gasteiger partial charge in [-0.3, -0.25) is 4.90 Å². The molecule has 3 heterocycles. The van der Waals surface area contributed by atoms with Gasteiger partial charge in [-0.25, -0.2) is 4.98 Å². The molecule has 0 aliphatic carbocycles. The second kappa shape index (κ2) is 10.9. The second-order valence-electron chi connectivity index (χ2n) is 7.52. The Hall–Kier alpha value is -2.20. The van der Waals surface area contributed by atoms with Gasteiger partial charge in [0.05, 0.1) is 13.2 Å². The maximum atomic E-state index is 6.27. The van der Waals surface area contributed by atoms with Crippen molar-refractivity contribution in [3.63, 3.8) is 0 Å². The lowest BCUT2D eigenvalue weighted by atomic mass is 10.2. The quantitative estimate of drug-likeness (QED) is 0.497. The van der Waals surface area contributed by atoms with E-state index in [4.69, 9.17) is 28.6 Å². The average molecular weight is 462 g/mol. The van der Waals surface area contributed by atoms with Crippen LogP contribution in [0.3, 0.4) is 0 Å². The number of nitrogens with zero attached hydrogens (tertiary/aromatic N) is 5. The molecule has 0 saturated carbocycles. The Bertz CT molecular complexity index is 858. The molecule has 0 bridgehead atoms. The minimum absolute atomic E-state index is 0.397. The first-order valence-corrected chi connectivity index (χ1v) is 11.4. The van der Waals surface area contributed by atoms with Crippen LogP contribution >= 0.6 is 23.8 Å². The van der Waals surface area contributed by atoms with Crippen molar-refractivity contribution in [1.82, 2.24) is 20.2 Å². The van der Waals surface area contributed by atoms with Gasteiger partial charge in [-0.2, -0.15) is 4.98 Å². The molecule has 2 N–H and O–H groups in total. The molecule has 0 unspecified atom stereocenters. The standard InChI is InChI=1S/C21H28ClN7OS/c22-18-16-19(29-10-8-28(9-11-29)17-4-2-1-3-5-17)25-20(24-18)26-21(31)23-6-7-27-12-14-30-15-13-27/h1-5,16H,6-15H2,(H2,23,24,25,26,31). The van der Waals surface area contributed by atoms with E-state index in [0.29, 0.717) is 16.2 Å². The Morgan fingerprint density at radius 2 is 1.71 bits per heavy atom. The fraction of sp³-hybridized carbons (Fsp3) is 0.476. The lowest BCUT2D eigenvalue weighted by Crippen LogP contribution is -2.47. The van der Waals surface area contributed by atoms with E-state index in [2.05, 4.69) is 59.6 Å². The molecular formula is C21H28ClN7OS. The topological polar surface area (TPSA) is 68.8 Å². The first kappa shape index (κ1) is 22.0. The van der Waals surface area contributed by atoms with Crippen LogP contribution in [0.25, 0.3) is 0 Å². The van der Waals surface area contributed by atoms with E-state index < -0.39 is 0 Å². The number of benzene rings is 1. The average Bonchev–Trinajstić information content (AvgIpc) is 2.80. The summed E-state index contributed by atoms with van der Waals surface area (Å²) in [6.07, 6.45) is 0. The van der Waals surface area contributed by atoms with Crippen LogP contribution in [-0.4, -0.2) is 85.6 Å². The van der Waals surface area contributed by atoms with E-state index in [1.165, 1.54) is 5.69 Å². The minimum Gasteiger partial charge on any atom is -0.379 e. The Morgan fingerprint density at radius 3 is 2.45 bits per heavy atom. The number of rotatable bonds is 6. The largest absolute Gasteiger partial charge is 0.379 e. The first-order chi connectivity index (χ1) is 15.2. The summed E-state index contributed by atoms with van der Waals surface area (Å²) in [6, 6.07) is 12.3. The predicted molar refractivity (Wildman–Crippen MR) is 129 cm³/mol. The van der Waals surface area contributed by atoms with Crippen LogP contribution in [0.5, 0.6) is 0 Å². The molecule has 0 atom stereocenters. The van der Waals surface area contributed by atoms with Gasteiger partial charge in [0.25, 0.3) is 0 Å². The number of thiocarbonyl (C=S) groups is 1. The van der Waals surface area contributed by atoms with Gasteiger partial charge < -0.3 is 25.2 Å². The Kier molecular flexibility index (Phi) is 7.74. The number of halogens is 1. The van der Waals surface area contributed by atoms with Crippen LogP contribution in [0.4, 0.5) is 17.5 Å². The molecule has 1 aromatic carbocycles. The molecule has 2 fully saturated rings. The number of anilines is 3. The molecule has 166 valence electrons. The third-order valence-electron chi connectivity index (χ3n) is 5.45. The first-order valence-electron chi connectivity index (χ1n) is 10.6. The normalized spacial score (nSPS) is 17.5. The van der Waals surface area contributed by atoms with Crippen molar-refractivity contribution in [3.8, 4) is 0 Å². The SMILES string of the molecule is S=C(NCCN1CCOCC1)Nc1nc(Cl)cc(N2CCN(c3ccccc3)CC2)n1. The maximum absolute atomic E-state index is 6.27. The van der Waals surface area contributed by atoms with Crippen molar-refractivity contribution in [2.24, 2.45) is 0 Å². The van der Waals surface area contributed by atoms with Crippen molar-refractivity contribution >= 4 is 46.4 Å². The second-order valence-corrected chi connectivity index (χ2v) is 8.31. The number of hydrogen-bond acceptors (Lipinski definition) is 7. The molecule has 0 spiro atoms. The fourth-order valence-corrected chi connectivity index (χ4v) is 4.13. The fourth-order valence-electron chi connectivity index (χ4n) is 3.75. The molecule has 8 nitrogen and oxygen atoms in total. The molecular weight excluding hydrogens is 434 g/mol. The summed E-state index contributed by atoms with van der Waals surface area (Å²) < 4.78 is 5.37. The van der Waals surface area contributed by atoms with E-state index in [1.807, 2.05) is 6.07 Å². The number of aromatic nitrogens is 2. The number of hydrogen-bond donors (Lipinski definition) is 2. The third kappa shape index (κ3) is 6.39. The van der Waals surface area contributed by atoms with Gasteiger partial charge in [-0.1, -0.05) is 29.8 Å². The molecule has 10 heteroatoms. The van der Waals surface area contributed by atoms with Crippen LogP contribution in [0.2, 0.25) is 5.15 Å². The van der Waals surface area contributed by atoms with E-state index in [0.717, 1.165) is 71.4 Å². The molecule has 2 saturated heterocycles. The number of morpholine rings is 1. The molecule has 31 heavy (non-hydrogen) atoms. The molecule has 2 aromatic rings. The zero-order valence-electron chi connectivity index (χ0n) is 17.5. The van der Waals surface area contributed by atoms with Gasteiger partial charge in [0, 0.05) is 64.1 Å². The van der Waals surface area contributed by atoms with Crippen molar-refractivity contribution in [1.29, 1.82) is 0 Å². The molecule has 0 radical (unpaired) electrons. The Labute approximate surface area is 193 Å². The maximum Gasteiger partial charge on any atom is 0.232 e. The summed E-state index contributed by atoms with van der Waals surface area (Å²) >= 11 is 11.7. The highest BCUT2D eigenvalue weighted by atomic mass is 35.5. The van der Waals surface area contributed by atoms with Gasteiger partial charge in [0.15, 0.2) is 5.11 Å². The van der Waals surface area contributed by atoms with Crippen molar-refractivity contribution in [3.05, 3.63) is 41.6 Å². The van der Waals surface area contributed by atoms with Crippen LogP contribution in [0.1, 0.15) is 0 Å². The van der Waals surface area contributed by atoms with Crippen LogP contribution < -0.4 is 20.4 Å². The summed E-state index contributed by atoms with van der Waals surface area (Å²) in [5.41, 5.74) is 1.25. The van der Waals surface area contributed by atoms with Crippen molar-refractivity contribution in [2.75, 3.05) is 80.7 Å².